The average molecular weight is 294 g/mol. The van der Waals surface area contributed by atoms with Gasteiger partial charge in [0.15, 0.2) is 5.78 Å². The van der Waals surface area contributed by atoms with Gasteiger partial charge in [0.1, 0.15) is 11.5 Å². The number of halogens is 1. The lowest BCUT2D eigenvalue weighted by molar-refractivity contribution is -0.130. The third-order valence-electron chi connectivity index (χ3n) is 3.60. The van der Waals surface area contributed by atoms with Gasteiger partial charge in [-0.1, -0.05) is 6.92 Å². The zero-order valence-corrected chi connectivity index (χ0v) is 13.1. The number of ether oxygens (including phenoxy) is 1. The van der Waals surface area contributed by atoms with Gasteiger partial charge in [0.25, 0.3) is 0 Å². The molecule has 2 unspecified atom stereocenters. The van der Waals surface area contributed by atoms with E-state index in [0.29, 0.717) is 12.2 Å². The predicted molar refractivity (Wildman–Crippen MR) is 78.8 cm³/mol. The summed E-state index contributed by atoms with van der Waals surface area (Å²) in [6.45, 7) is 10.3. The fourth-order valence-corrected chi connectivity index (χ4v) is 2.97. The molecule has 1 aromatic rings. The third-order valence-corrected chi connectivity index (χ3v) is 3.60. The van der Waals surface area contributed by atoms with Gasteiger partial charge in [0.05, 0.1) is 17.9 Å². The van der Waals surface area contributed by atoms with E-state index in [-0.39, 0.29) is 23.4 Å². The van der Waals surface area contributed by atoms with Gasteiger partial charge < -0.3 is 4.74 Å². The Morgan fingerprint density at radius 3 is 2.86 bits per heavy atom. The molecule has 0 radical (unpaired) electrons. The first kappa shape index (κ1) is 16.0. The monoisotopic (exact) mass is 294 g/mol. The summed E-state index contributed by atoms with van der Waals surface area (Å²) in [4.78, 5) is 18.4. The fourth-order valence-electron chi connectivity index (χ4n) is 2.97. The van der Waals surface area contributed by atoms with Crippen molar-refractivity contribution in [1.82, 2.24) is 9.88 Å². The van der Waals surface area contributed by atoms with E-state index in [1.165, 1.54) is 12.1 Å². The van der Waals surface area contributed by atoms with E-state index >= 15 is 0 Å². The van der Waals surface area contributed by atoms with Crippen molar-refractivity contribution < 1.29 is 13.9 Å². The van der Waals surface area contributed by atoms with Crippen LogP contribution in [0, 0.1) is 11.7 Å². The molecule has 116 valence electrons. The number of carbonyl (C=O) groups excluding carboxylic acids is 1. The molecular formula is C16H23FN2O2. The lowest BCUT2D eigenvalue weighted by Crippen LogP contribution is -2.53. The molecule has 2 heterocycles. The minimum absolute atomic E-state index is 0.0491. The molecule has 0 aromatic carbocycles. The van der Waals surface area contributed by atoms with E-state index in [2.05, 4.69) is 23.7 Å². The molecule has 5 heteroatoms. The second-order valence-electron chi connectivity index (χ2n) is 6.51. The molecule has 1 aromatic heterocycles. The van der Waals surface area contributed by atoms with Crippen LogP contribution in [0.4, 0.5) is 4.39 Å². The maximum absolute atomic E-state index is 12.9. The molecule has 0 N–H and O–H groups in total. The second-order valence-corrected chi connectivity index (χ2v) is 6.51. The van der Waals surface area contributed by atoms with Gasteiger partial charge in [-0.05, 0) is 32.9 Å². The van der Waals surface area contributed by atoms with Gasteiger partial charge >= 0.3 is 0 Å². The highest BCUT2D eigenvalue weighted by atomic mass is 19.1. The number of hydrogen-bond donors (Lipinski definition) is 0. The molecule has 0 spiro atoms. The number of nitrogens with zero attached hydrogens (tertiary/aromatic N) is 2. The van der Waals surface area contributed by atoms with Crippen LogP contribution in [0.15, 0.2) is 18.3 Å². The normalized spacial score (nSPS) is 23.8. The fraction of sp³-hybridized carbons (Fsp3) is 0.625. The van der Waals surface area contributed by atoms with Crippen molar-refractivity contribution in [1.29, 1.82) is 0 Å². The van der Waals surface area contributed by atoms with Crippen LogP contribution in [0.25, 0.3) is 0 Å². The summed E-state index contributed by atoms with van der Waals surface area (Å²) in [6.07, 6.45) is 1.24. The molecule has 1 aliphatic heterocycles. The number of carbonyl (C=O) groups is 1. The standard InChI is InChI=1S/C16H23FN2O2/c1-11(15(20)14-6-5-13(17)7-18-14)8-19-9-12(2)21-16(3,4)10-19/h5-7,11-12H,8-10H2,1-4H3. The van der Waals surface area contributed by atoms with E-state index in [1.807, 2.05) is 13.8 Å². The zero-order chi connectivity index (χ0) is 15.6. The molecule has 0 bridgehead atoms. The molecule has 0 amide bonds. The molecule has 2 rings (SSSR count). The SMILES string of the molecule is CC1CN(CC(C)C(=O)c2ccc(F)cn2)CC(C)(C)O1. The molecule has 0 aliphatic carbocycles. The molecule has 0 saturated carbocycles. The summed E-state index contributed by atoms with van der Waals surface area (Å²) in [5.41, 5.74) is 0.124. The van der Waals surface area contributed by atoms with Gasteiger partial charge in [0.2, 0.25) is 0 Å². The number of pyridine rings is 1. The molecule has 2 atom stereocenters. The van der Waals surface area contributed by atoms with Crippen LogP contribution < -0.4 is 0 Å². The Morgan fingerprint density at radius 1 is 1.57 bits per heavy atom. The van der Waals surface area contributed by atoms with Gasteiger partial charge in [-0.25, -0.2) is 4.39 Å². The maximum Gasteiger partial charge on any atom is 0.185 e. The number of rotatable bonds is 4. The van der Waals surface area contributed by atoms with E-state index in [9.17, 15) is 9.18 Å². The van der Waals surface area contributed by atoms with Gasteiger partial charge in [-0.3, -0.25) is 14.7 Å². The summed E-state index contributed by atoms with van der Waals surface area (Å²) in [7, 11) is 0. The van der Waals surface area contributed by atoms with Crippen molar-refractivity contribution in [2.24, 2.45) is 5.92 Å². The summed E-state index contributed by atoms with van der Waals surface area (Å²) < 4.78 is 18.7. The Morgan fingerprint density at radius 2 is 2.29 bits per heavy atom. The van der Waals surface area contributed by atoms with Crippen molar-refractivity contribution in [2.75, 3.05) is 19.6 Å². The minimum Gasteiger partial charge on any atom is -0.370 e. The lowest BCUT2D eigenvalue weighted by Gasteiger charge is -2.42. The Labute approximate surface area is 125 Å². The summed E-state index contributed by atoms with van der Waals surface area (Å²) in [5, 5.41) is 0. The number of hydrogen-bond acceptors (Lipinski definition) is 4. The second kappa shape index (κ2) is 6.20. The van der Waals surface area contributed by atoms with Gasteiger partial charge in [-0.2, -0.15) is 0 Å². The van der Waals surface area contributed by atoms with Crippen molar-refractivity contribution in [3.8, 4) is 0 Å². The maximum atomic E-state index is 12.9. The number of ketones is 1. The molecule has 4 nitrogen and oxygen atoms in total. The van der Waals surface area contributed by atoms with E-state index < -0.39 is 5.82 Å². The summed E-state index contributed by atoms with van der Waals surface area (Å²) >= 11 is 0. The molecule has 1 saturated heterocycles. The Hall–Kier alpha value is -1.33. The summed E-state index contributed by atoms with van der Waals surface area (Å²) in [5.74, 6) is -0.654. The van der Waals surface area contributed by atoms with Gasteiger partial charge in [0, 0.05) is 25.6 Å². The molecular weight excluding hydrogens is 271 g/mol. The Kier molecular flexibility index (Phi) is 4.74. The van der Waals surface area contributed by atoms with Crippen molar-refractivity contribution in [3.63, 3.8) is 0 Å². The predicted octanol–water partition coefficient (Wildman–Crippen LogP) is 2.54. The lowest BCUT2D eigenvalue weighted by atomic mass is 9.99. The first-order valence-electron chi connectivity index (χ1n) is 7.33. The Balaban J connectivity index is 1.99. The van der Waals surface area contributed by atoms with Gasteiger partial charge in [-0.15, -0.1) is 0 Å². The highest BCUT2D eigenvalue weighted by molar-refractivity contribution is 5.95. The average Bonchev–Trinajstić information content (AvgIpc) is 2.36. The Bertz CT molecular complexity index is 502. The van der Waals surface area contributed by atoms with Crippen LogP contribution in [-0.4, -0.2) is 47.0 Å². The number of morpholine rings is 1. The summed E-state index contributed by atoms with van der Waals surface area (Å²) in [6, 6.07) is 2.72. The number of aromatic nitrogens is 1. The first-order chi connectivity index (χ1) is 9.77. The smallest absolute Gasteiger partial charge is 0.185 e. The van der Waals surface area contributed by atoms with Crippen LogP contribution in [0.2, 0.25) is 0 Å². The van der Waals surface area contributed by atoms with Crippen molar-refractivity contribution in [2.45, 2.75) is 39.4 Å². The minimum atomic E-state index is -0.428. The molecule has 1 fully saturated rings. The molecule has 1 aliphatic rings. The van der Waals surface area contributed by atoms with E-state index in [1.54, 1.807) is 0 Å². The quantitative estimate of drug-likeness (QED) is 0.800. The van der Waals surface area contributed by atoms with E-state index in [0.717, 1.165) is 19.3 Å². The van der Waals surface area contributed by atoms with Crippen LogP contribution >= 0.6 is 0 Å². The zero-order valence-electron chi connectivity index (χ0n) is 13.1. The first-order valence-corrected chi connectivity index (χ1v) is 7.33. The largest absolute Gasteiger partial charge is 0.370 e. The van der Waals surface area contributed by atoms with E-state index in [4.69, 9.17) is 4.74 Å². The highest BCUT2D eigenvalue weighted by Gasteiger charge is 2.32. The molecule has 21 heavy (non-hydrogen) atoms. The topological polar surface area (TPSA) is 42.4 Å². The van der Waals surface area contributed by atoms with Crippen molar-refractivity contribution >= 4 is 5.78 Å². The number of Topliss-reactive ketones (excluding diaryl/α,β-unsaturated/α-hetero) is 1. The van der Waals surface area contributed by atoms with Crippen molar-refractivity contribution in [3.05, 3.63) is 29.8 Å². The third kappa shape index (κ3) is 4.32. The van der Waals surface area contributed by atoms with Crippen LogP contribution in [0.3, 0.4) is 0 Å². The van der Waals surface area contributed by atoms with Crippen LogP contribution in [-0.2, 0) is 4.74 Å². The van der Waals surface area contributed by atoms with Crippen LogP contribution in [0.1, 0.15) is 38.2 Å². The van der Waals surface area contributed by atoms with Crippen LogP contribution in [0.5, 0.6) is 0 Å². The highest BCUT2D eigenvalue weighted by Crippen LogP contribution is 2.22.